The number of carbonyl (C=O) groups is 1. The lowest BCUT2D eigenvalue weighted by atomic mass is 10.1. The third-order valence-electron chi connectivity index (χ3n) is 4.48. The summed E-state index contributed by atoms with van der Waals surface area (Å²) in [7, 11) is -1.83. The van der Waals surface area contributed by atoms with Gasteiger partial charge in [-0.3, -0.25) is 4.79 Å². The van der Waals surface area contributed by atoms with Crippen molar-refractivity contribution in [2.24, 2.45) is 0 Å². The summed E-state index contributed by atoms with van der Waals surface area (Å²) in [5.74, 6) is -0.344. The third-order valence-corrected chi connectivity index (χ3v) is 5.63. The first-order valence-electron chi connectivity index (χ1n) is 8.30. The van der Waals surface area contributed by atoms with Gasteiger partial charge in [-0.05, 0) is 36.8 Å². The molecule has 8 heteroatoms. The number of nitrogens with zero attached hydrogens (tertiary/aromatic N) is 4. The standard InChI is InChI=1S/C19H20N4O3S/c1-14(15-8-10-16(11-9-15)23-13-20-12-21-23)22(2)19(24)17-6-4-5-7-18(17)27(3,25)26/h4-14H,1-3H3. The quantitative estimate of drug-likeness (QED) is 0.675. The van der Waals surface area contributed by atoms with Crippen LogP contribution in [0.4, 0.5) is 0 Å². The molecule has 3 aromatic rings. The lowest BCUT2D eigenvalue weighted by Gasteiger charge is -2.26. The van der Waals surface area contributed by atoms with Gasteiger partial charge in [-0.15, -0.1) is 0 Å². The Morgan fingerprint density at radius 1 is 1.11 bits per heavy atom. The van der Waals surface area contributed by atoms with Gasteiger partial charge in [0.25, 0.3) is 5.91 Å². The smallest absolute Gasteiger partial charge is 0.255 e. The largest absolute Gasteiger partial charge is 0.335 e. The van der Waals surface area contributed by atoms with E-state index >= 15 is 0 Å². The minimum Gasteiger partial charge on any atom is -0.335 e. The number of amides is 1. The number of hydrogen-bond donors (Lipinski definition) is 0. The van der Waals surface area contributed by atoms with Gasteiger partial charge in [0.2, 0.25) is 0 Å². The van der Waals surface area contributed by atoms with E-state index in [-0.39, 0.29) is 22.4 Å². The Labute approximate surface area is 158 Å². The highest BCUT2D eigenvalue weighted by Crippen LogP contribution is 2.24. The highest BCUT2D eigenvalue weighted by Gasteiger charge is 2.24. The lowest BCUT2D eigenvalue weighted by molar-refractivity contribution is 0.0738. The Morgan fingerprint density at radius 2 is 1.78 bits per heavy atom. The van der Waals surface area contributed by atoms with Crippen molar-refractivity contribution < 1.29 is 13.2 Å². The van der Waals surface area contributed by atoms with Crippen molar-refractivity contribution >= 4 is 15.7 Å². The Bertz CT molecular complexity index is 1040. The van der Waals surface area contributed by atoms with Gasteiger partial charge in [0.1, 0.15) is 12.7 Å². The van der Waals surface area contributed by atoms with Crippen molar-refractivity contribution in [1.29, 1.82) is 0 Å². The molecule has 1 heterocycles. The van der Waals surface area contributed by atoms with Crippen LogP contribution in [0.2, 0.25) is 0 Å². The van der Waals surface area contributed by atoms with Crippen molar-refractivity contribution in [3.05, 3.63) is 72.3 Å². The lowest BCUT2D eigenvalue weighted by Crippen LogP contribution is -2.30. The summed E-state index contributed by atoms with van der Waals surface area (Å²) < 4.78 is 25.6. The second-order valence-corrected chi connectivity index (χ2v) is 8.28. The minimum atomic E-state index is -3.50. The average molecular weight is 384 g/mol. The van der Waals surface area contributed by atoms with Gasteiger partial charge in [0.05, 0.1) is 22.2 Å². The van der Waals surface area contributed by atoms with Gasteiger partial charge in [0.15, 0.2) is 9.84 Å². The molecular weight excluding hydrogens is 364 g/mol. The number of hydrogen-bond acceptors (Lipinski definition) is 5. The molecule has 0 spiro atoms. The van der Waals surface area contributed by atoms with Gasteiger partial charge in [-0.25, -0.2) is 18.1 Å². The van der Waals surface area contributed by atoms with Gasteiger partial charge in [-0.1, -0.05) is 24.3 Å². The molecule has 0 aliphatic carbocycles. The van der Waals surface area contributed by atoms with Crippen LogP contribution in [0, 0.1) is 0 Å². The highest BCUT2D eigenvalue weighted by molar-refractivity contribution is 7.90. The van der Waals surface area contributed by atoms with Crippen molar-refractivity contribution in [3.63, 3.8) is 0 Å². The molecule has 2 aromatic carbocycles. The van der Waals surface area contributed by atoms with Crippen molar-refractivity contribution in [2.45, 2.75) is 17.9 Å². The molecule has 0 bridgehead atoms. The second-order valence-electron chi connectivity index (χ2n) is 6.29. The van der Waals surface area contributed by atoms with Gasteiger partial charge >= 0.3 is 0 Å². The first-order chi connectivity index (χ1) is 12.8. The van der Waals surface area contributed by atoms with Crippen LogP contribution in [0.25, 0.3) is 5.69 Å². The molecule has 1 unspecified atom stereocenters. The number of rotatable bonds is 5. The van der Waals surface area contributed by atoms with Crippen LogP contribution in [0.15, 0.2) is 66.1 Å². The summed E-state index contributed by atoms with van der Waals surface area (Å²) in [5, 5.41) is 4.08. The van der Waals surface area contributed by atoms with E-state index in [0.717, 1.165) is 17.5 Å². The summed E-state index contributed by atoms with van der Waals surface area (Å²) >= 11 is 0. The fourth-order valence-electron chi connectivity index (χ4n) is 2.80. The number of sulfone groups is 1. The summed E-state index contributed by atoms with van der Waals surface area (Å²) in [6.45, 7) is 1.89. The Balaban J connectivity index is 1.85. The van der Waals surface area contributed by atoms with Crippen LogP contribution in [0.3, 0.4) is 0 Å². The first-order valence-corrected chi connectivity index (χ1v) is 10.2. The Kier molecular flexibility index (Phi) is 5.09. The van der Waals surface area contributed by atoms with Crippen molar-refractivity contribution in [1.82, 2.24) is 19.7 Å². The molecule has 0 aliphatic rings. The molecule has 7 nitrogen and oxygen atoms in total. The van der Waals surface area contributed by atoms with E-state index in [9.17, 15) is 13.2 Å². The molecule has 0 saturated heterocycles. The molecule has 0 aliphatic heterocycles. The maximum Gasteiger partial charge on any atom is 0.255 e. The molecule has 0 radical (unpaired) electrons. The normalized spacial score (nSPS) is 12.6. The molecule has 0 N–H and O–H groups in total. The van der Waals surface area contributed by atoms with E-state index in [2.05, 4.69) is 10.1 Å². The number of benzene rings is 2. The van der Waals surface area contributed by atoms with Gasteiger partial charge in [-0.2, -0.15) is 5.10 Å². The Morgan fingerprint density at radius 3 is 2.37 bits per heavy atom. The molecule has 1 aromatic heterocycles. The maximum atomic E-state index is 12.9. The van der Waals surface area contributed by atoms with Crippen LogP contribution in [-0.2, 0) is 9.84 Å². The van der Waals surface area contributed by atoms with E-state index in [1.54, 1.807) is 30.2 Å². The topological polar surface area (TPSA) is 85.2 Å². The molecule has 3 rings (SSSR count). The number of aromatic nitrogens is 3. The first kappa shape index (κ1) is 18.8. The van der Waals surface area contributed by atoms with Crippen LogP contribution >= 0.6 is 0 Å². The summed E-state index contributed by atoms with van der Waals surface area (Å²) in [4.78, 5) is 18.4. The van der Waals surface area contributed by atoms with Crippen molar-refractivity contribution in [2.75, 3.05) is 13.3 Å². The predicted molar refractivity (Wildman–Crippen MR) is 101 cm³/mol. The third kappa shape index (κ3) is 3.90. The second kappa shape index (κ2) is 7.32. The zero-order valence-electron chi connectivity index (χ0n) is 15.3. The van der Waals surface area contributed by atoms with Crippen LogP contribution in [-0.4, -0.2) is 47.3 Å². The molecule has 0 saturated carbocycles. The van der Waals surface area contributed by atoms with E-state index in [4.69, 9.17) is 0 Å². The van der Waals surface area contributed by atoms with Crippen LogP contribution in [0.5, 0.6) is 0 Å². The van der Waals surface area contributed by atoms with Crippen LogP contribution < -0.4 is 0 Å². The summed E-state index contributed by atoms with van der Waals surface area (Å²) in [6.07, 6.45) is 4.17. The zero-order valence-corrected chi connectivity index (χ0v) is 16.1. The Hall–Kier alpha value is -3.00. The fraction of sp³-hybridized carbons (Fsp3) is 0.211. The molecular formula is C19H20N4O3S. The van der Waals surface area contributed by atoms with Crippen LogP contribution in [0.1, 0.15) is 28.9 Å². The molecule has 1 amide bonds. The summed E-state index contributed by atoms with van der Waals surface area (Å²) in [6, 6.07) is 13.6. The van der Waals surface area contributed by atoms with Crippen molar-refractivity contribution in [3.8, 4) is 5.69 Å². The average Bonchev–Trinajstić information content (AvgIpc) is 3.20. The van der Waals surface area contributed by atoms with E-state index in [0.29, 0.717) is 0 Å². The molecule has 1 atom stereocenters. The summed E-state index contributed by atoms with van der Waals surface area (Å²) in [5.41, 5.74) is 1.96. The minimum absolute atomic E-state index is 0.0376. The maximum absolute atomic E-state index is 12.9. The van der Waals surface area contributed by atoms with E-state index in [1.807, 2.05) is 31.2 Å². The van der Waals surface area contributed by atoms with E-state index in [1.165, 1.54) is 23.4 Å². The monoisotopic (exact) mass is 384 g/mol. The predicted octanol–water partition coefficient (Wildman–Crippen LogP) is 2.50. The highest BCUT2D eigenvalue weighted by atomic mass is 32.2. The molecule has 0 fully saturated rings. The molecule has 27 heavy (non-hydrogen) atoms. The van der Waals surface area contributed by atoms with Gasteiger partial charge in [0, 0.05) is 13.3 Å². The van der Waals surface area contributed by atoms with Gasteiger partial charge < -0.3 is 4.90 Å². The molecule has 140 valence electrons. The fourth-order valence-corrected chi connectivity index (χ4v) is 3.68. The van der Waals surface area contributed by atoms with E-state index < -0.39 is 9.84 Å². The SMILES string of the molecule is CC(c1ccc(-n2cncn2)cc1)N(C)C(=O)c1ccccc1S(C)(=O)=O. The zero-order chi connectivity index (χ0) is 19.6. The number of carbonyl (C=O) groups excluding carboxylic acids is 1.